The van der Waals surface area contributed by atoms with Crippen LogP contribution in [-0.2, 0) is 0 Å². The van der Waals surface area contributed by atoms with Crippen LogP contribution in [0.4, 0.5) is 4.39 Å². The summed E-state index contributed by atoms with van der Waals surface area (Å²) >= 11 is 9.20. The second-order valence-electron chi connectivity index (χ2n) is 4.22. The van der Waals surface area contributed by atoms with Crippen LogP contribution in [0.3, 0.4) is 0 Å². The van der Waals surface area contributed by atoms with E-state index >= 15 is 0 Å². The van der Waals surface area contributed by atoms with E-state index < -0.39 is 11.6 Å². The Bertz CT molecular complexity index is 826. The number of para-hydroxylation sites is 1. The van der Waals surface area contributed by atoms with Crippen LogP contribution < -0.4 is 0 Å². The van der Waals surface area contributed by atoms with Crippen LogP contribution in [-0.4, -0.2) is 5.78 Å². The predicted molar refractivity (Wildman–Crippen MR) is 78.8 cm³/mol. The third-order valence-corrected chi connectivity index (χ3v) is 3.68. The molecule has 0 amide bonds. The lowest BCUT2D eigenvalue weighted by Gasteiger charge is -2.00. The molecular formula is C15H7BrClFO2. The van der Waals surface area contributed by atoms with E-state index in [1.807, 2.05) is 0 Å². The monoisotopic (exact) mass is 352 g/mol. The van der Waals surface area contributed by atoms with Gasteiger partial charge in [-0.3, -0.25) is 4.79 Å². The Kier molecular flexibility index (Phi) is 3.36. The van der Waals surface area contributed by atoms with Gasteiger partial charge < -0.3 is 4.42 Å². The number of benzene rings is 2. The van der Waals surface area contributed by atoms with Crippen molar-refractivity contribution in [2.75, 3.05) is 0 Å². The molecule has 0 saturated carbocycles. The highest BCUT2D eigenvalue weighted by atomic mass is 79.9. The molecule has 0 aliphatic rings. The van der Waals surface area contributed by atoms with Gasteiger partial charge in [0.25, 0.3) is 0 Å². The van der Waals surface area contributed by atoms with Crippen LogP contribution in [0.15, 0.2) is 51.4 Å². The van der Waals surface area contributed by atoms with E-state index in [2.05, 4.69) is 15.9 Å². The molecule has 0 unspecified atom stereocenters. The molecule has 0 atom stereocenters. The van der Waals surface area contributed by atoms with Crippen molar-refractivity contribution in [1.82, 2.24) is 0 Å². The molecule has 0 radical (unpaired) electrons. The minimum absolute atomic E-state index is 0.0467. The summed E-state index contributed by atoms with van der Waals surface area (Å²) in [6.45, 7) is 0. The minimum Gasteiger partial charge on any atom is -0.451 e. The maximum atomic E-state index is 13.7. The largest absolute Gasteiger partial charge is 0.451 e. The molecule has 2 nitrogen and oxygen atoms in total. The fraction of sp³-hybridized carbons (Fsp3) is 0. The zero-order valence-corrected chi connectivity index (χ0v) is 12.3. The molecule has 1 heterocycles. The molecule has 3 rings (SSSR count). The van der Waals surface area contributed by atoms with Crippen molar-refractivity contribution in [2.24, 2.45) is 0 Å². The quantitative estimate of drug-likeness (QED) is 0.591. The van der Waals surface area contributed by atoms with Crippen LogP contribution in [0, 0.1) is 5.82 Å². The zero-order valence-electron chi connectivity index (χ0n) is 9.99. The maximum absolute atomic E-state index is 13.7. The van der Waals surface area contributed by atoms with E-state index in [4.69, 9.17) is 16.0 Å². The Balaban J connectivity index is 2.13. The van der Waals surface area contributed by atoms with Gasteiger partial charge in [0, 0.05) is 9.86 Å². The van der Waals surface area contributed by atoms with Gasteiger partial charge in [0.2, 0.25) is 5.78 Å². The highest BCUT2D eigenvalue weighted by Gasteiger charge is 2.19. The number of hydrogen-bond donors (Lipinski definition) is 0. The topological polar surface area (TPSA) is 30.2 Å². The first-order valence-electron chi connectivity index (χ1n) is 5.74. The lowest BCUT2D eigenvalue weighted by Crippen LogP contribution is -2.02. The van der Waals surface area contributed by atoms with E-state index in [0.717, 1.165) is 0 Å². The van der Waals surface area contributed by atoms with Crippen molar-refractivity contribution in [1.29, 1.82) is 0 Å². The summed E-state index contributed by atoms with van der Waals surface area (Å²) in [5, 5.41) is 1.12. The minimum atomic E-state index is -0.593. The van der Waals surface area contributed by atoms with Gasteiger partial charge in [-0.05, 0) is 30.3 Å². The Morgan fingerprint density at radius 1 is 1.20 bits per heavy atom. The Labute approximate surface area is 127 Å². The molecule has 20 heavy (non-hydrogen) atoms. The van der Waals surface area contributed by atoms with E-state index in [1.54, 1.807) is 24.3 Å². The number of furan rings is 1. The summed E-state index contributed by atoms with van der Waals surface area (Å²) in [7, 11) is 0. The van der Waals surface area contributed by atoms with Crippen LogP contribution in [0.5, 0.6) is 0 Å². The normalized spacial score (nSPS) is 10.9. The first kappa shape index (κ1) is 13.3. The Morgan fingerprint density at radius 3 is 2.75 bits per heavy atom. The molecule has 3 aromatic rings. The number of rotatable bonds is 2. The van der Waals surface area contributed by atoms with E-state index in [-0.39, 0.29) is 11.3 Å². The van der Waals surface area contributed by atoms with Gasteiger partial charge in [0.15, 0.2) is 11.3 Å². The van der Waals surface area contributed by atoms with Crippen LogP contribution in [0.2, 0.25) is 5.02 Å². The van der Waals surface area contributed by atoms with Crippen molar-refractivity contribution < 1.29 is 13.6 Å². The lowest BCUT2D eigenvalue weighted by molar-refractivity contribution is 0.101. The molecule has 0 saturated heterocycles. The summed E-state index contributed by atoms with van der Waals surface area (Å²) in [5.74, 6) is -1.05. The molecule has 0 aliphatic heterocycles. The predicted octanol–water partition coefficient (Wildman–Crippen LogP) is 5.22. The fourth-order valence-electron chi connectivity index (χ4n) is 1.94. The van der Waals surface area contributed by atoms with Gasteiger partial charge in [-0.2, -0.15) is 0 Å². The molecule has 1 aromatic heterocycles. The average molecular weight is 354 g/mol. The SMILES string of the molecule is O=C(c1cc2cccc(Cl)c2o1)c1cc(Br)ccc1F. The van der Waals surface area contributed by atoms with Gasteiger partial charge in [-0.15, -0.1) is 0 Å². The second-order valence-corrected chi connectivity index (χ2v) is 5.55. The van der Waals surface area contributed by atoms with Gasteiger partial charge in [-0.25, -0.2) is 4.39 Å². The van der Waals surface area contributed by atoms with Gasteiger partial charge in [0.1, 0.15) is 5.82 Å². The second kappa shape index (κ2) is 5.04. The van der Waals surface area contributed by atoms with Crippen molar-refractivity contribution in [3.63, 3.8) is 0 Å². The molecule has 2 aromatic carbocycles. The molecular weight excluding hydrogens is 347 g/mol. The summed E-state index contributed by atoms with van der Waals surface area (Å²) in [6.07, 6.45) is 0. The van der Waals surface area contributed by atoms with Crippen molar-refractivity contribution >= 4 is 44.3 Å². The molecule has 0 fully saturated rings. The Morgan fingerprint density at radius 2 is 2.00 bits per heavy atom. The van der Waals surface area contributed by atoms with Gasteiger partial charge in [-0.1, -0.05) is 39.7 Å². The highest BCUT2D eigenvalue weighted by molar-refractivity contribution is 9.10. The number of carbonyl (C=O) groups is 1. The van der Waals surface area contributed by atoms with E-state index in [0.29, 0.717) is 20.5 Å². The van der Waals surface area contributed by atoms with Crippen molar-refractivity contribution in [3.8, 4) is 0 Å². The van der Waals surface area contributed by atoms with Gasteiger partial charge >= 0.3 is 0 Å². The van der Waals surface area contributed by atoms with E-state index in [9.17, 15) is 9.18 Å². The first-order valence-corrected chi connectivity index (χ1v) is 6.91. The fourth-order valence-corrected chi connectivity index (χ4v) is 2.53. The molecule has 100 valence electrons. The van der Waals surface area contributed by atoms with Gasteiger partial charge in [0.05, 0.1) is 10.6 Å². The standard InChI is InChI=1S/C15H7BrClFO2/c16-9-4-5-12(18)10(7-9)14(19)13-6-8-2-1-3-11(17)15(8)20-13/h1-7H. The number of ketones is 1. The first-order chi connectivity index (χ1) is 9.56. The smallest absolute Gasteiger partial charge is 0.231 e. The molecule has 0 spiro atoms. The molecule has 0 N–H and O–H groups in total. The lowest BCUT2D eigenvalue weighted by atomic mass is 10.1. The average Bonchev–Trinajstić information content (AvgIpc) is 2.86. The molecule has 5 heteroatoms. The van der Waals surface area contributed by atoms with Crippen molar-refractivity contribution in [2.45, 2.75) is 0 Å². The summed E-state index contributed by atoms with van der Waals surface area (Å²) in [5.41, 5.74) is 0.377. The number of hydrogen-bond acceptors (Lipinski definition) is 2. The number of halogens is 3. The Hall–Kier alpha value is -1.65. The maximum Gasteiger partial charge on any atom is 0.231 e. The van der Waals surface area contributed by atoms with Crippen LogP contribution in [0.1, 0.15) is 16.1 Å². The molecule has 0 aliphatic carbocycles. The molecule has 0 bridgehead atoms. The highest BCUT2D eigenvalue weighted by Crippen LogP contribution is 2.28. The van der Waals surface area contributed by atoms with Crippen molar-refractivity contribution in [3.05, 3.63) is 69.1 Å². The van der Waals surface area contributed by atoms with Crippen LogP contribution in [0.25, 0.3) is 11.0 Å². The summed E-state index contributed by atoms with van der Waals surface area (Å²) in [6, 6.07) is 10.9. The zero-order chi connectivity index (χ0) is 14.3. The summed E-state index contributed by atoms with van der Waals surface area (Å²) in [4.78, 5) is 12.3. The number of carbonyl (C=O) groups excluding carboxylic acids is 1. The van der Waals surface area contributed by atoms with Crippen LogP contribution >= 0.6 is 27.5 Å². The van der Waals surface area contributed by atoms with E-state index in [1.165, 1.54) is 18.2 Å². The third kappa shape index (κ3) is 2.25. The summed E-state index contributed by atoms with van der Waals surface area (Å²) < 4.78 is 19.8. The number of fused-ring (bicyclic) bond motifs is 1. The third-order valence-electron chi connectivity index (χ3n) is 2.89.